The summed E-state index contributed by atoms with van der Waals surface area (Å²) in [6.07, 6.45) is -6.19. The molecule has 0 N–H and O–H groups in total. The Hall–Kier alpha value is -0.460. The van der Waals surface area contributed by atoms with E-state index in [0.29, 0.717) is 0 Å². The first-order valence-corrected chi connectivity index (χ1v) is 2.64. The smallest absolute Gasteiger partial charge is 0.200 e. The molecule has 72 valence electrons. The van der Waals surface area contributed by atoms with Gasteiger partial charge in [-0.3, -0.25) is 0 Å². The molecule has 0 spiro atoms. The molecule has 0 unspecified atom stereocenters. The minimum absolute atomic E-state index is 2.71. The summed E-state index contributed by atoms with van der Waals surface area (Å²) in [5.74, 6) is -9.21. The molecular weight excluding hydrogens is 216 g/mol. The second-order valence-corrected chi connectivity index (χ2v) is 1.98. The molecule has 0 aromatic heterocycles. The molecule has 12 heavy (non-hydrogen) atoms. The maximum Gasteiger partial charge on any atom is 0.460 e. The van der Waals surface area contributed by atoms with Gasteiger partial charge in [-0.1, -0.05) is 0 Å². The van der Waals surface area contributed by atoms with Crippen LogP contribution < -0.4 is 0 Å². The van der Waals surface area contributed by atoms with Crippen molar-refractivity contribution in [2.45, 2.75) is 12.1 Å². The Labute approximate surface area is 66.6 Å². The van der Waals surface area contributed by atoms with Crippen LogP contribution in [0.4, 0.5) is 30.7 Å². The van der Waals surface area contributed by atoms with E-state index in [1.54, 1.807) is 0 Å². The van der Waals surface area contributed by atoms with Crippen molar-refractivity contribution in [3.8, 4) is 0 Å². The lowest BCUT2D eigenvalue weighted by atomic mass is 10.3. The fourth-order valence-corrected chi connectivity index (χ4v) is 0.362. The summed E-state index contributed by atoms with van der Waals surface area (Å²) in [5, 5.41) is -2.71. The number of allylic oxidation sites excluding steroid dienone is 1. The standard InChI is InChI=1S/C4ClF7/c5-2(7)1(6)3(8,9)4(10,11)12. The van der Waals surface area contributed by atoms with Gasteiger partial charge in [-0.25, -0.2) is 4.39 Å². The number of rotatable bonds is 1. The number of halogens is 8. The zero-order valence-corrected chi connectivity index (χ0v) is 5.78. The Bertz CT molecular complexity index is 198. The quantitative estimate of drug-likeness (QED) is 0.588. The molecule has 0 saturated carbocycles. The molecule has 0 aromatic rings. The van der Waals surface area contributed by atoms with E-state index in [9.17, 15) is 30.7 Å². The molecule has 0 atom stereocenters. The van der Waals surface area contributed by atoms with Crippen LogP contribution in [-0.2, 0) is 0 Å². The van der Waals surface area contributed by atoms with E-state index < -0.39 is 23.2 Å². The molecule has 8 heteroatoms. The Kier molecular flexibility index (Phi) is 3.00. The first kappa shape index (κ1) is 11.5. The van der Waals surface area contributed by atoms with Crippen molar-refractivity contribution < 1.29 is 30.7 Å². The van der Waals surface area contributed by atoms with Crippen LogP contribution in [-0.4, -0.2) is 12.1 Å². The minimum Gasteiger partial charge on any atom is -0.200 e. The minimum atomic E-state index is -6.19. The fraction of sp³-hybridized carbons (Fsp3) is 0.500. The molecule has 0 saturated heterocycles. The van der Waals surface area contributed by atoms with Gasteiger partial charge in [0.2, 0.25) is 11.1 Å². The van der Waals surface area contributed by atoms with Gasteiger partial charge in [0, 0.05) is 0 Å². The highest BCUT2D eigenvalue weighted by Gasteiger charge is 2.62. The average Bonchev–Trinajstić information content (AvgIpc) is 1.83. The molecule has 0 aliphatic carbocycles. The Morgan fingerprint density at radius 3 is 1.33 bits per heavy atom. The highest BCUT2D eigenvalue weighted by Crippen LogP contribution is 2.43. The molecule has 0 bridgehead atoms. The van der Waals surface area contributed by atoms with E-state index in [2.05, 4.69) is 11.6 Å². The van der Waals surface area contributed by atoms with Crippen LogP contribution in [0.5, 0.6) is 0 Å². The monoisotopic (exact) mass is 216 g/mol. The van der Waals surface area contributed by atoms with Gasteiger partial charge in [-0.15, -0.1) is 0 Å². The van der Waals surface area contributed by atoms with Crippen molar-refractivity contribution in [2.24, 2.45) is 0 Å². The summed E-state index contributed by atoms with van der Waals surface area (Å²) in [6.45, 7) is 0. The lowest BCUT2D eigenvalue weighted by molar-refractivity contribution is -0.271. The van der Waals surface area contributed by atoms with E-state index in [-0.39, 0.29) is 0 Å². The molecular formula is C4ClF7. The van der Waals surface area contributed by atoms with Crippen LogP contribution in [0.25, 0.3) is 0 Å². The summed E-state index contributed by atoms with van der Waals surface area (Å²) in [6, 6.07) is 0. The number of alkyl halides is 5. The fourth-order valence-electron chi connectivity index (χ4n) is 0.243. The molecule has 0 radical (unpaired) electrons. The highest BCUT2D eigenvalue weighted by atomic mass is 35.5. The summed E-state index contributed by atoms with van der Waals surface area (Å²) in [7, 11) is 0. The SMILES string of the molecule is FC(Cl)=C(F)C(F)(F)C(F)(F)F. The van der Waals surface area contributed by atoms with Crippen LogP contribution in [0.2, 0.25) is 0 Å². The van der Waals surface area contributed by atoms with Crippen molar-refractivity contribution in [1.29, 1.82) is 0 Å². The average molecular weight is 216 g/mol. The van der Waals surface area contributed by atoms with Gasteiger partial charge in [-0.05, 0) is 11.6 Å². The summed E-state index contributed by atoms with van der Waals surface area (Å²) < 4.78 is 80.1. The zero-order chi connectivity index (χ0) is 10.2. The van der Waals surface area contributed by atoms with Gasteiger partial charge in [0.1, 0.15) is 0 Å². The van der Waals surface area contributed by atoms with E-state index in [4.69, 9.17) is 0 Å². The van der Waals surface area contributed by atoms with Gasteiger partial charge in [-0.2, -0.15) is 26.3 Å². The number of hydrogen-bond acceptors (Lipinski definition) is 0. The van der Waals surface area contributed by atoms with E-state index in [0.717, 1.165) is 0 Å². The molecule has 0 nitrogen and oxygen atoms in total. The van der Waals surface area contributed by atoms with Gasteiger partial charge >= 0.3 is 12.1 Å². The van der Waals surface area contributed by atoms with Crippen molar-refractivity contribution >= 4 is 11.6 Å². The maximum absolute atomic E-state index is 11.7. The summed E-state index contributed by atoms with van der Waals surface area (Å²) in [5.41, 5.74) is 0. The molecule has 0 heterocycles. The maximum atomic E-state index is 11.7. The molecule has 0 fully saturated rings. The van der Waals surface area contributed by atoms with Gasteiger partial charge in [0.05, 0.1) is 0 Å². The third-order valence-corrected chi connectivity index (χ3v) is 0.964. The van der Waals surface area contributed by atoms with Crippen LogP contribution >= 0.6 is 11.6 Å². The van der Waals surface area contributed by atoms with Crippen molar-refractivity contribution in [1.82, 2.24) is 0 Å². The Morgan fingerprint density at radius 2 is 1.25 bits per heavy atom. The van der Waals surface area contributed by atoms with Gasteiger partial charge in [0.25, 0.3) is 0 Å². The predicted octanol–water partition coefficient (Wildman–Crippen LogP) is 3.53. The van der Waals surface area contributed by atoms with Crippen LogP contribution in [0, 0.1) is 0 Å². The van der Waals surface area contributed by atoms with Gasteiger partial charge < -0.3 is 0 Å². The second-order valence-electron chi connectivity index (χ2n) is 1.65. The molecule has 0 aliphatic rings. The van der Waals surface area contributed by atoms with Gasteiger partial charge in [0.15, 0.2) is 0 Å². The van der Waals surface area contributed by atoms with Crippen LogP contribution in [0.15, 0.2) is 11.1 Å². The van der Waals surface area contributed by atoms with Crippen molar-refractivity contribution in [2.75, 3.05) is 0 Å². The third kappa shape index (κ3) is 2.02. The second kappa shape index (κ2) is 3.12. The summed E-state index contributed by atoms with van der Waals surface area (Å²) in [4.78, 5) is 0. The third-order valence-electron chi connectivity index (χ3n) is 0.798. The molecule has 0 aliphatic heterocycles. The Balaban J connectivity index is 5.01. The van der Waals surface area contributed by atoms with E-state index in [1.807, 2.05) is 0 Å². The first-order valence-electron chi connectivity index (χ1n) is 2.26. The van der Waals surface area contributed by atoms with E-state index >= 15 is 0 Å². The highest BCUT2D eigenvalue weighted by molar-refractivity contribution is 6.28. The lowest BCUT2D eigenvalue weighted by Crippen LogP contribution is -2.37. The molecule has 0 amide bonds. The lowest BCUT2D eigenvalue weighted by Gasteiger charge is -2.16. The molecule has 0 rings (SSSR count). The van der Waals surface area contributed by atoms with Crippen LogP contribution in [0.3, 0.4) is 0 Å². The summed E-state index contributed by atoms with van der Waals surface area (Å²) >= 11 is 3.98. The van der Waals surface area contributed by atoms with Crippen molar-refractivity contribution in [3.63, 3.8) is 0 Å². The Morgan fingerprint density at radius 1 is 0.917 bits per heavy atom. The molecule has 0 aromatic carbocycles. The van der Waals surface area contributed by atoms with E-state index in [1.165, 1.54) is 0 Å². The normalized spacial score (nSPS) is 16.0. The number of hydrogen-bond donors (Lipinski definition) is 0. The predicted molar refractivity (Wildman–Crippen MR) is 26.1 cm³/mol. The first-order chi connectivity index (χ1) is 5.10. The zero-order valence-electron chi connectivity index (χ0n) is 5.02. The topological polar surface area (TPSA) is 0 Å². The van der Waals surface area contributed by atoms with Crippen molar-refractivity contribution in [3.05, 3.63) is 11.1 Å². The largest absolute Gasteiger partial charge is 0.460 e. The van der Waals surface area contributed by atoms with Crippen LogP contribution in [0.1, 0.15) is 0 Å².